The van der Waals surface area contributed by atoms with Crippen LogP contribution in [0.1, 0.15) is 64.9 Å². The summed E-state index contributed by atoms with van der Waals surface area (Å²) in [6.45, 7) is 7.91. The number of ether oxygens (including phenoxy) is 1. The second-order valence-corrected chi connectivity index (χ2v) is 8.07. The van der Waals surface area contributed by atoms with Crippen molar-refractivity contribution >= 4 is 11.9 Å². The van der Waals surface area contributed by atoms with Crippen LogP contribution in [0, 0.1) is 13.8 Å². The number of hydrogen-bond donors (Lipinski definition) is 2. The summed E-state index contributed by atoms with van der Waals surface area (Å²) in [5.41, 5.74) is 3.58. The number of benzene rings is 3. The summed E-state index contributed by atoms with van der Waals surface area (Å²) in [5, 5.41) is 11.7. The average Bonchev–Trinajstić information content (AvgIpc) is 2.85. The summed E-state index contributed by atoms with van der Waals surface area (Å²) >= 11 is 0. The van der Waals surface area contributed by atoms with Crippen LogP contribution in [0.3, 0.4) is 0 Å². The third-order valence-corrected chi connectivity index (χ3v) is 5.55. The van der Waals surface area contributed by atoms with Crippen LogP contribution >= 0.6 is 0 Å². The van der Waals surface area contributed by atoms with Gasteiger partial charge in [-0.15, -0.1) is 0 Å². The molecule has 3 rings (SSSR count). The Balaban J connectivity index is 0.00000222. The average molecular weight is 498 g/mol. The van der Waals surface area contributed by atoms with Gasteiger partial charge in [-0.2, -0.15) is 0 Å². The van der Waals surface area contributed by atoms with Gasteiger partial charge in [-0.25, -0.2) is 8.78 Å². The first-order valence-electron chi connectivity index (χ1n) is 12.0. The quantitative estimate of drug-likeness (QED) is 0.315. The number of halogens is 2. The summed E-state index contributed by atoms with van der Waals surface area (Å²) in [5.74, 6) is 0.153. The highest BCUT2D eigenvalue weighted by Gasteiger charge is 2.14. The minimum Gasteiger partial charge on any atom is -0.481 e. The van der Waals surface area contributed by atoms with Crippen molar-refractivity contribution in [2.45, 2.75) is 53.4 Å². The van der Waals surface area contributed by atoms with Crippen LogP contribution in [0.15, 0.2) is 60.7 Å². The normalized spacial score (nSPS) is 10.4. The summed E-state index contributed by atoms with van der Waals surface area (Å²) in [6.07, 6.45) is -1.52. The number of para-hydroxylation sites is 1. The highest BCUT2D eigenvalue weighted by Crippen LogP contribution is 2.28. The van der Waals surface area contributed by atoms with E-state index >= 15 is 0 Å². The Morgan fingerprint density at radius 2 is 1.64 bits per heavy atom. The number of carboxylic acid groups (broad SMARTS) is 1. The molecule has 3 aromatic rings. The van der Waals surface area contributed by atoms with E-state index in [4.69, 9.17) is 9.84 Å². The van der Waals surface area contributed by atoms with Gasteiger partial charge in [0.2, 0.25) is 0 Å². The van der Waals surface area contributed by atoms with E-state index in [0.717, 1.165) is 16.7 Å². The largest absolute Gasteiger partial charge is 0.481 e. The minimum absolute atomic E-state index is 0.0749. The Bertz CT molecular complexity index is 1180. The highest BCUT2D eigenvalue weighted by molar-refractivity contribution is 5.95. The number of amides is 1. The highest BCUT2D eigenvalue weighted by atomic mass is 19.3. The van der Waals surface area contributed by atoms with Crippen LogP contribution in [0.4, 0.5) is 8.78 Å². The van der Waals surface area contributed by atoms with Crippen LogP contribution in [-0.2, 0) is 17.6 Å². The van der Waals surface area contributed by atoms with Gasteiger partial charge in [-0.05, 0) is 79.3 Å². The number of rotatable bonds is 10. The molecule has 0 saturated heterocycles. The summed E-state index contributed by atoms with van der Waals surface area (Å²) in [6, 6.07) is 17.1. The van der Waals surface area contributed by atoms with E-state index in [9.17, 15) is 18.4 Å². The van der Waals surface area contributed by atoms with E-state index < -0.39 is 12.4 Å². The van der Waals surface area contributed by atoms with Crippen LogP contribution in [0.25, 0.3) is 0 Å². The fourth-order valence-corrected chi connectivity index (χ4v) is 3.67. The standard InChI is InChI=1S/C27H27F2NO4.C2H6/c1-17-16-22(10-7-19(17)9-12-25(31)32)34-24-6-4-3-5-20(24)13-14-30-27(33)23-11-8-21(26(28)29)15-18(23)2;1-2/h3-8,10-11,15-16,26H,9,12-14H2,1-2H3,(H,30,33)(H,31,32);1-2H3. The summed E-state index contributed by atoms with van der Waals surface area (Å²) in [4.78, 5) is 23.3. The molecule has 0 aliphatic carbocycles. The number of carbonyl (C=O) groups excluding carboxylic acids is 1. The molecule has 0 bridgehead atoms. The molecule has 36 heavy (non-hydrogen) atoms. The first-order chi connectivity index (χ1) is 17.2. The molecule has 0 heterocycles. The number of hydrogen-bond acceptors (Lipinski definition) is 3. The third-order valence-electron chi connectivity index (χ3n) is 5.55. The van der Waals surface area contributed by atoms with Crippen molar-refractivity contribution in [1.29, 1.82) is 0 Å². The Kier molecular flexibility index (Phi) is 11.1. The maximum Gasteiger partial charge on any atom is 0.303 e. The van der Waals surface area contributed by atoms with Crippen molar-refractivity contribution in [3.05, 3.63) is 94.0 Å². The smallest absolute Gasteiger partial charge is 0.303 e. The molecule has 0 aliphatic rings. The predicted molar refractivity (Wildman–Crippen MR) is 137 cm³/mol. The lowest BCUT2D eigenvalue weighted by molar-refractivity contribution is -0.136. The maximum absolute atomic E-state index is 12.8. The maximum atomic E-state index is 12.8. The molecular formula is C29H33F2NO4. The second-order valence-electron chi connectivity index (χ2n) is 8.07. The van der Waals surface area contributed by atoms with E-state index in [1.807, 2.05) is 63.2 Å². The van der Waals surface area contributed by atoms with Crippen LogP contribution in [0.2, 0.25) is 0 Å². The molecular weight excluding hydrogens is 464 g/mol. The van der Waals surface area contributed by atoms with Crippen LogP contribution in [-0.4, -0.2) is 23.5 Å². The predicted octanol–water partition coefficient (Wildman–Crippen LogP) is 7.05. The fraction of sp³-hybridized carbons (Fsp3) is 0.310. The minimum atomic E-state index is -2.57. The van der Waals surface area contributed by atoms with Gasteiger partial charge in [0.15, 0.2) is 0 Å². The second kappa shape index (κ2) is 14.0. The molecule has 0 radical (unpaired) electrons. The SMILES string of the molecule is CC.Cc1cc(Oc2ccccc2CCNC(=O)c2ccc(C(F)F)cc2C)ccc1CCC(=O)O. The molecule has 0 unspecified atom stereocenters. The van der Waals surface area contributed by atoms with Gasteiger partial charge >= 0.3 is 5.97 Å². The zero-order valence-electron chi connectivity index (χ0n) is 21.1. The first-order valence-corrected chi connectivity index (χ1v) is 12.0. The number of carboxylic acids is 1. The van der Waals surface area contributed by atoms with Crippen LogP contribution < -0.4 is 10.1 Å². The van der Waals surface area contributed by atoms with Crippen molar-refractivity contribution in [2.75, 3.05) is 6.54 Å². The summed E-state index contributed by atoms with van der Waals surface area (Å²) in [7, 11) is 0. The molecule has 0 saturated carbocycles. The number of alkyl halides is 2. The third kappa shape index (κ3) is 8.18. The first kappa shape index (κ1) is 28.5. The monoisotopic (exact) mass is 497 g/mol. The molecule has 0 spiro atoms. The van der Waals surface area contributed by atoms with Gasteiger partial charge in [0.05, 0.1) is 0 Å². The Morgan fingerprint density at radius 3 is 2.28 bits per heavy atom. The molecule has 2 N–H and O–H groups in total. The molecule has 0 aromatic heterocycles. The Hall–Kier alpha value is -3.74. The molecule has 0 atom stereocenters. The summed E-state index contributed by atoms with van der Waals surface area (Å²) < 4.78 is 31.7. The van der Waals surface area contributed by atoms with Crippen LogP contribution in [0.5, 0.6) is 11.5 Å². The molecule has 192 valence electrons. The van der Waals surface area contributed by atoms with E-state index in [1.54, 1.807) is 6.92 Å². The van der Waals surface area contributed by atoms with Gasteiger partial charge in [0.1, 0.15) is 11.5 Å². The van der Waals surface area contributed by atoms with Crippen molar-refractivity contribution in [1.82, 2.24) is 5.32 Å². The van der Waals surface area contributed by atoms with E-state index in [-0.39, 0.29) is 17.9 Å². The van der Waals surface area contributed by atoms with Crippen molar-refractivity contribution < 1.29 is 28.2 Å². The molecule has 0 aliphatic heterocycles. The number of nitrogens with one attached hydrogen (secondary N) is 1. The van der Waals surface area contributed by atoms with Gasteiger partial charge in [-0.1, -0.05) is 44.2 Å². The Labute approximate surface area is 211 Å². The zero-order valence-corrected chi connectivity index (χ0v) is 21.1. The number of aliphatic carboxylic acids is 1. The van der Waals surface area contributed by atoms with E-state index in [2.05, 4.69) is 5.32 Å². The van der Waals surface area contributed by atoms with Gasteiger partial charge in [0.25, 0.3) is 12.3 Å². The van der Waals surface area contributed by atoms with Crippen molar-refractivity contribution in [2.24, 2.45) is 0 Å². The molecule has 5 nitrogen and oxygen atoms in total. The van der Waals surface area contributed by atoms with Gasteiger partial charge < -0.3 is 15.2 Å². The number of carbonyl (C=O) groups is 2. The zero-order chi connectivity index (χ0) is 26.7. The van der Waals surface area contributed by atoms with E-state index in [1.165, 1.54) is 18.2 Å². The van der Waals surface area contributed by atoms with Crippen molar-refractivity contribution in [3.63, 3.8) is 0 Å². The fourth-order valence-electron chi connectivity index (χ4n) is 3.67. The topological polar surface area (TPSA) is 75.6 Å². The molecule has 7 heteroatoms. The van der Waals surface area contributed by atoms with Crippen molar-refractivity contribution in [3.8, 4) is 11.5 Å². The number of aryl methyl sites for hydroxylation is 3. The van der Waals surface area contributed by atoms with Gasteiger partial charge in [-0.3, -0.25) is 9.59 Å². The molecule has 3 aromatic carbocycles. The Morgan fingerprint density at radius 1 is 0.917 bits per heavy atom. The lowest BCUT2D eigenvalue weighted by atomic mass is 10.0. The molecule has 1 amide bonds. The lowest BCUT2D eigenvalue weighted by Gasteiger charge is -2.14. The van der Waals surface area contributed by atoms with Gasteiger partial charge in [0, 0.05) is 24.1 Å². The van der Waals surface area contributed by atoms with E-state index in [0.29, 0.717) is 42.0 Å². The lowest BCUT2D eigenvalue weighted by Crippen LogP contribution is -2.26. The molecule has 0 fully saturated rings.